The van der Waals surface area contributed by atoms with Crippen molar-refractivity contribution in [2.24, 2.45) is 5.73 Å². The highest BCUT2D eigenvalue weighted by molar-refractivity contribution is 5.95. The second kappa shape index (κ2) is 4.65. The van der Waals surface area contributed by atoms with E-state index in [9.17, 15) is 10.0 Å². The summed E-state index contributed by atoms with van der Waals surface area (Å²) in [7, 11) is 0. The molecule has 7 nitrogen and oxygen atoms in total. The number of nitrogens with zero attached hydrogens (tertiary/aromatic N) is 1. The highest BCUT2D eigenvalue weighted by atomic mass is 16.8. The molecule has 0 aliphatic heterocycles. The third-order valence-corrected chi connectivity index (χ3v) is 2.73. The van der Waals surface area contributed by atoms with Crippen LogP contribution in [0.5, 0.6) is 0 Å². The number of carboxylic acid groups (broad SMARTS) is 1. The van der Waals surface area contributed by atoms with Crippen molar-refractivity contribution < 1.29 is 15.1 Å². The van der Waals surface area contributed by atoms with Crippen LogP contribution in [-0.4, -0.2) is 27.3 Å². The molecule has 2 rings (SSSR count). The molecule has 0 saturated heterocycles. The lowest BCUT2D eigenvalue weighted by Crippen LogP contribution is -2.32. The van der Waals surface area contributed by atoms with E-state index in [4.69, 9.17) is 16.0 Å². The lowest BCUT2D eigenvalue weighted by molar-refractivity contribution is -0.138. The van der Waals surface area contributed by atoms with Gasteiger partial charge in [-0.1, -0.05) is 6.07 Å². The van der Waals surface area contributed by atoms with Crippen molar-refractivity contribution in [3.05, 3.63) is 35.2 Å². The van der Waals surface area contributed by atoms with Crippen LogP contribution in [0.2, 0.25) is 0 Å². The molecule has 1 atom stereocenters. The molecule has 0 unspecified atom stereocenters. The van der Waals surface area contributed by atoms with E-state index in [1.54, 1.807) is 18.3 Å². The summed E-state index contributed by atoms with van der Waals surface area (Å²) in [6, 6.07) is 3.71. The van der Waals surface area contributed by atoms with E-state index in [0.29, 0.717) is 16.5 Å². The Kier molecular flexibility index (Phi) is 3.19. The van der Waals surface area contributed by atoms with Crippen LogP contribution in [0.15, 0.2) is 24.4 Å². The summed E-state index contributed by atoms with van der Waals surface area (Å²) in [4.78, 5) is 13.6. The van der Waals surface area contributed by atoms with Crippen molar-refractivity contribution in [1.29, 1.82) is 0 Å². The molecule has 0 amide bonds. The molecule has 1 heterocycles. The Morgan fingerprint density at radius 1 is 1.56 bits per heavy atom. The molecule has 0 aliphatic rings. The van der Waals surface area contributed by atoms with Crippen LogP contribution in [0.4, 0.5) is 5.69 Å². The van der Waals surface area contributed by atoms with Gasteiger partial charge in [0.15, 0.2) is 0 Å². The first-order valence-electron chi connectivity index (χ1n) is 5.24. The summed E-state index contributed by atoms with van der Waals surface area (Å²) in [6.45, 7) is 0. The third-order valence-electron chi connectivity index (χ3n) is 2.73. The number of anilines is 1. The van der Waals surface area contributed by atoms with Crippen LogP contribution in [0.3, 0.4) is 0 Å². The number of aliphatic carboxylic acids is 1. The zero-order valence-electron chi connectivity index (χ0n) is 9.33. The highest BCUT2D eigenvalue weighted by Gasteiger charge is 2.16. The lowest BCUT2D eigenvalue weighted by Gasteiger charge is -2.23. The van der Waals surface area contributed by atoms with Gasteiger partial charge in [0, 0.05) is 23.5 Å². The second-order valence-corrected chi connectivity index (χ2v) is 3.94. The monoisotopic (exact) mass is 250 g/mol. The number of carboxylic acids is 1. The SMILES string of the molecule is N[C@@H](Cc1c[nH]c2cccc(N([O-])O)c12)C(=O)O. The first kappa shape index (κ1) is 12.4. The number of hydrogen-bond donors (Lipinski definition) is 4. The van der Waals surface area contributed by atoms with Crippen molar-refractivity contribution in [3.63, 3.8) is 0 Å². The van der Waals surface area contributed by atoms with Crippen molar-refractivity contribution in [2.45, 2.75) is 12.5 Å². The van der Waals surface area contributed by atoms with Crippen molar-refractivity contribution >= 4 is 22.6 Å². The summed E-state index contributed by atoms with van der Waals surface area (Å²) in [5, 5.41) is 29.1. The molecule has 96 valence electrons. The molecule has 5 N–H and O–H groups in total. The summed E-state index contributed by atoms with van der Waals surface area (Å²) in [5.74, 6) is -1.12. The molecule has 18 heavy (non-hydrogen) atoms. The van der Waals surface area contributed by atoms with Crippen molar-refractivity contribution in [3.8, 4) is 0 Å². The summed E-state index contributed by atoms with van der Waals surface area (Å²) < 4.78 is 0. The van der Waals surface area contributed by atoms with Gasteiger partial charge >= 0.3 is 5.97 Å². The first-order chi connectivity index (χ1) is 8.50. The van der Waals surface area contributed by atoms with E-state index in [2.05, 4.69) is 4.98 Å². The van der Waals surface area contributed by atoms with Crippen molar-refractivity contribution in [1.82, 2.24) is 4.98 Å². The fraction of sp³-hybridized carbons (Fsp3) is 0.182. The summed E-state index contributed by atoms with van der Waals surface area (Å²) >= 11 is 0. The molecule has 0 bridgehead atoms. The molecule has 1 aromatic carbocycles. The standard InChI is InChI=1S/C11H12N3O4/c12-7(11(15)16)4-6-5-13-8-2-1-3-9(10(6)8)14(17)18/h1-3,5,7,13,17H,4,12H2,(H,15,16)/q-1/t7-/m0/s1. The molecule has 0 fully saturated rings. The van der Waals surface area contributed by atoms with E-state index in [0.717, 1.165) is 0 Å². The Labute approximate surface area is 102 Å². The molecule has 0 spiro atoms. The molecule has 0 saturated carbocycles. The second-order valence-electron chi connectivity index (χ2n) is 3.94. The summed E-state index contributed by atoms with van der Waals surface area (Å²) in [6.07, 6.45) is 1.65. The first-order valence-corrected chi connectivity index (χ1v) is 5.24. The Morgan fingerprint density at radius 2 is 2.28 bits per heavy atom. The number of aromatic nitrogens is 1. The maximum atomic E-state index is 11.0. The van der Waals surface area contributed by atoms with Gasteiger partial charge in [-0.2, -0.15) is 0 Å². The fourth-order valence-corrected chi connectivity index (χ4v) is 1.88. The maximum absolute atomic E-state index is 11.0. The van der Waals surface area contributed by atoms with E-state index < -0.39 is 12.0 Å². The highest BCUT2D eigenvalue weighted by Crippen LogP contribution is 2.29. The lowest BCUT2D eigenvalue weighted by atomic mass is 10.0. The number of carbonyl (C=O) groups is 1. The normalized spacial score (nSPS) is 12.6. The zero-order valence-corrected chi connectivity index (χ0v) is 9.33. The number of aromatic amines is 1. The number of benzene rings is 1. The van der Waals surface area contributed by atoms with Gasteiger partial charge < -0.3 is 26.3 Å². The number of rotatable bonds is 4. The molecular weight excluding hydrogens is 238 g/mol. The van der Waals surface area contributed by atoms with E-state index in [1.807, 2.05) is 0 Å². The van der Waals surface area contributed by atoms with Crippen LogP contribution in [0.1, 0.15) is 5.56 Å². The minimum atomic E-state index is -1.12. The fourth-order valence-electron chi connectivity index (χ4n) is 1.88. The van der Waals surface area contributed by atoms with Crippen LogP contribution in [-0.2, 0) is 11.2 Å². The smallest absolute Gasteiger partial charge is 0.320 e. The van der Waals surface area contributed by atoms with E-state index in [-0.39, 0.29) is 17.3 Å². The average molecular weight is 250 g/mol. The van der Waals surface area contributed by atoms with Gasteiger partial charge in [-0.3, -0.25) is 10.0 Å². The van der Waals surface area contributed by atoms with Crippen LogP contribution in [0, 0.1) is 5.21 Å². The Morgan fingerprint density at radius 3 is 2.89 bits per heavy atom. The number of nitrogens with two attached hydrogens (primary N) is 1. The molecule has 0 radical (unpaired) electrons. The topological polar surface area (TPSA) is 126 Å². The minimum Gasteiger partial charge on any atom is -0.733 e. The molecule has 2 aromatic rings. The Balaban J connectivity index is 2.48. The molecular formula is C11H12N3O4-. The molecule has 7 heteroatoms. The van der Waals surface area contributed by atoms with Gasteiger partial charge in [0.25, 0.3) is 0 Å². The van der Waals surface area contributed by atoms with E-state index in [1.165, 1.54) is 6.07 Å². The van der Waals surface area contributed by atoms with Gasteiger partial charge in [0.05, 0.1) is 5.69 Å². The van der Waals surface area contributed by atoms with Gasteiger partial charge in [0.2, 0.25) is 0 Å². The van der Waals surface area contributed by atoms with Crippen molar-refractivity contribution in [2.75, 3.05) is 5.23 Å². The number of fused-ring (bicyclic) bond motifs is 1. The third kappa shape index (κ3) is 2.14. The van der Waals surface area contributed by atoms with E-state index >= 15 is 0 Å². The van der Waals surface area contributed by atoms with Crippen LogP contribution in [0.25, 0.3) is 10.9 Å². The number of H-pyrrole nitrogens is 1. The van der Waals surface area contributed by atoms with Gasteiger partial charge in [-0.05, 0) is 17.7 Å². The maximum Gasteiger partial charge on any atom is 0.320 e. The van der Waals surface area contributed by atoms with Crippen LogP contribution >= 0.6 is 0 Å². The molecule has 0 aliphatic carbocycles. The number of nitrogens with one attached hydrogen (secondary N) is 1. The number of hydrogen-bond acceptors (Lipinski definition) is 5. The molecule has 1 aromatic heterocycles. The minimum absolute atomic E-state index is 0.0568. The van der Waals surface area contributed by atoms with Gasteiger partial charge in [0.1, 0.15) is 6.04 Å². The van der Waals surface area contributed by atoms with Crippen LogP contribution < -0.4 is 11.0 Å². The Hall–Kier alpha value is -2.09. The quantitative estimate of drug-likeness (QED) is 0.595. The predicted octanol–water partition coefficient (Wildman–Crippen LogP) is 0.816. The zero-order chi connectivity index (χ0) is 13.3. The van der Waals surface area contributed by atoms with Gasteiger partial charge in [-0.15, -0.1) is 0 Å². The average Bonchev–Trinajstić information content (AvgIpc) is 2.72. The summed E-state index contributed by atoms with van der Waals surface area (Å²) in [5.41, 5.74) is 6.72. The largest absolute Gasteiger partial charge is 0.733 e. The predicted molar refractivity (Wildman–Crippen MR) is 65.2 cm³/mol. The Bertz CT molecular complexity index is 579. The van der Waals surface area contributed by atoms with Gasteiger partial charge in [-0.25, -0.2) is 0 Å².